The van der Waals surface area contributed by atoms with Gasteiger partial charge in [-0.05, 0) is 11.6 Å². The van der Waals surface area contributed by atoms with Gasteiger partial charge < -0.3 is 15.8 Å². The average Bonchev–Trinajstić information content (AvgIpc) is 2.60. The number of H-pyrrole nitrogens is 1. The van der Waals surface area contributed by atoms with Crippen molar-refractivity contribution in [1.82, 2.24) is 4.98 Å². The third-order valence-electron chi connectivity index (χ3n) is 2.54. The fourth-order valence-corrected chi connectivity index (χ4v) is 1.74. The van der Waals surface area contributed by atoms with Crippen LogP contribution in [0.2, 0.25) is 0 Å². The van der Waals surface area contributed by atoms with Crippen LogP contribution in [0.3, 0.4) is 0 Å². The van der Waals surface area contributed by atoms with Gasteiger partial charge in [0.1, 0.15) is 17.7 Å². The molecule has 1 aromatic heterocycles. The molecule has 0 radical (unpaired) electrons. The van der Waals surface area contributed by atoms with Crippen molar-refractivity contribution in [3.8, 4) is 0 Å². The summed E-state index contributed by atoms with van der Waals surface area (Å²) in [5.41, 5.74) is 6.08. The van der Waals surface area contributed by atoms with E-state index in [-0.39, 0.29) is 17.3 Å². The van der Waals surface area contributed by atoms with Crippen LogP contribution < -0.4 is 5.73 Å². The zero-order valence-corrected chi connectivity index (χ0v) is 8.71. The van der Waals surface area contributed by atoms with E-state index in [4.69, 9.17) is 10.8 Å². The van der Waals surface area contributed by atoms with Crippen LogP contribution in [0.5, 0.6) is 0 Å². The minimum atomic E-state index is -1.16. The summed E-state index contributed by atoms with van der Waals surface area (Å²) in [6, 6.07) is 0.790. The SMILES string of the molecule is N[C@@H](Cc1c[nH]c2cc(F)cc(F)c12)C(=O)O. The summed E-state index contributed by atoms with van der Waals surface area (Å²) in [6.45, 7) is 0. The molecule has 1 heterocycles. The van der Waals surface area contributed by atoms with Crippen molar-refractivity contribution >= 4 is 16.9 Å². The fourth-order valence-electron chi connectivity index (χ4n) is 1.74. The number of carbonyl (C=O) groups is 1. The average molecular weight is 240 g/mol. The molecule has 1 atom stereocenters. The summed E-state index contributed by atoms with van der Waals surface area (Å²) in [5, 5.41) is 8.86. The van der Waals surface area contributed by atoms with Gasteiger partial charge in [0.2, 0.25) is 0 Å². The smallest absolute Gasteiger partial charge is 0.320 e. The van der Waals surface area contributed by atoms with E-state index in [2.05, 4.69) is 4.98 Å². The van der Waals surface area contributed by atoms with E-state index in [1.807, 2.05) is 0 Å². The summed E-state index contributed by atoms with van der Waals surface area (Å²) in [4.78, 5) is 13.3. The molecule has 0 aliphatic rings. The zero-order chi connectivity index (χ0) is 12.6. The fraction of sp³-hybridized carbons (Fsp3) is 0.182. The van der Waals surface area contributed by atoms with Gasteiger partial charge in [-0.25, -0.2) is 8.78 Å². The second-order valence-electron chi connectivity index (χ2n) is 3.77. The van der Waals surface area contributed by atoms with E-state index in [9.17, 15) is 13.6 Å². The molecule has 0 spiro atoms. The lowest BCUT2D eigenvalue weighted by molar-refractivity contribution is -0.138. The Bertz CT molecular complexity index is 580. The van der Waals surface area contributed by atoms with Crippen LogP contribution in [0.15, 0.2) is 18.3 Å². The van der Waals surface area contributed by atoms with E-state index in [0.717, 1.165) is 12.1 Å². The molecule has 0 fully saturated rings. The lowest BCUT2D eigenvalue weighted by atomic mass is 10.1. The van der Waals surface area contributed by atoms with Crippen LogP contribution in [-0.2, 0) is 11.2 Å². The molecule has 17 heavy (non-hydrogen) atoms. The highest BCUT2D eigenvalue weighted by molar-refractivity contribution is 5.85. The van der Waals surface area contributed by atoms with Gasteiger partial charge in [0, 0.05) is 24.1 Å². The van der Waals surface area contributed by atoms with Crippen LogP contribution in [0, 0.1) is 11.6 Å². The van der Waals surface area contributed by atoms with Crippen LogP contribution in [-0.4, -0.2) is 22.1 Å². The van der Waals surface area contributed by atoms with Gasteiger partial charge in [0.25, 0.3) is 0 Å². The van der Waals surface area contributed by atoms with Gasteiger partial charge in [0.05, 0.1) is 5.52 Å². The van der Waals surface area contributed by atoms with Crippen molar-refractivity contribution in [2.24, 2.45) is 5.73 Å². The minimum Gasteiger partial charge on any atom is -0.480 e. The molecule has 0 unspecified atom stereocenters. The molecule has 0 saturated carbocycles. The van der Waals surface area contributed by atoms with Gasteiger partial charge in [-0.1, -0.05) is 0 Å². The maximum atomic E-state index is 13.5. The molecule has 4 N–H and O–H groups in total. The number of halogens is 2. The maximum absolute atomic E-state index is 13.5. The lowest BCUT2D eigenvalue weighted by Crippen LogP contribution is -2.32. The molecular formula is C11H10F2N2O2. The number of carboxylic acids is 1. The van der Waals surface area contributed by atoms with Crippen LogP contribution in [0.25, 0.3) is 10.9 Å². The van der Waals surface area contributed by atoms with Crippen LogP contribution >= 0.6 is 0 Å². The van der Waals surface area contributed by atoms with Gasteiger partial charge in [-0.15, -0.1) is 0 Å². The number of benzene rings is 1. The highest BCUT2D eigenvalue weighted by Crippen LogP contribution is 2.23. The normalized spacial score (nSPS) is 12.9. The van der Waals surface area contributed by atoms with Crippen LogP contribution in [0.4, 0.5) is 8.78 Å². The van der Waals surface area contributed by atoms with Crippen molar-refractivity contribution in [2.45, 2.75) is 12.5 Å². The Labute approximate surface area is 95.0 Å². The first kappa shape index (κ1) is 11.5. The van der Waals surface area contributed by atoms with Crippen LogP contribution in [0.1, 0.15) is 5.56 Å². The monoisotopic (exact) mass is 240 g/mol. The van der Waals surface area contributed by atoms with Gasteiger partial charge in [-0.3, -0.25) is 4.79 Å². The number of hydrogen-bond donors (Lipinski definition) is 3. The molecule has 0 aliphatic carbocycles. The molecule has 2 aromatic rings. The molecule has 0 saturated heterocycles. The number of hydrogen-bond acceptors (Lipinski definition) is 2. The van der Waals surface area contributed by atoms with Gasteiger partial charge >= 0.3 is 5.97 Å². The topological polar surface area (TPSA) is 79.1 Å². The predicted octanol–water partition coefficient (Wildman–Crippen LogP) is 1.40. The number of nitrogens with two attached hydrogens (primary N) is 1. The first-order valence-electron chi connectivity index (χ1n) is 4.92. The number of carboxylic acid groups (broad SMARTS) is 1. The van der Waals surface area contributed by atoms with Gasteiger partial charge in [-0.2, -0.15) is 0 Å². The quantitative estimate of drug-likeness (QED) is 0.758. The van der Waals surface area contributed by atoms with E-state index >= 15 is 0 Å². The Balaban J connectivity index is 2.46. The first-order valence-corrected chi connectivity index (χ1v) is 4.92. The Morgan fingerprint density at radius 3 is 2.82 bits per heavy atom. The number of nitrogens with one attached hydrogen (secondary N) is 1. The third-order valence-corrected chi connectivity index (χ3v) is 2.54. The molecule has 90 valence electrons. The highest BCUT2D eigenvalue weighted by atomic mass is 19.1. The summed E-state index contributed by atoms with van der Waals surface area (Å²) in [6.07, 6.45) is 1.42. The standard InChI is InChI=1S/C11H10F2N2O2/c12-6-2-7(13)10-5(1-8(14)11(16)17)4-15-9(10)3-6/h2-4,8,15H,1,14H2,(H,16,17)/t8-/m0/s1. The molecule has 6 heteroatoms. The van der Waals surface area contributed by atoms with Crippen molar-refractivity contribution in [3.63, 3.8) is 0 Å². The third kappa shape index (κ3) is 2.12. The van der Waals surface area contributed by atoms with Crippen molar-refractivity contribution < 1.29 is 18.7 Å². The molecule has 4 nitrogen and oxygen atoms in total. The van der Waals surface area contributed by atoms with Crippen molar-refractivity contribution in [3.05, 3.63) is 35.5 Å². The molecule has 1 aromatic carbocycles. The van der Waals surface area contributed by atoms with E-state index in [0.29, 0.717) is 5.56 Å². The zero-order valence-electron chi connectivity index (χ0n) is 8.71. The van der Waals surface area contributed by atoms with Crippen molar-refractivity contribution in [1.29, 1.82) is 0 Å². The largest absolute Gasteiger partial charge is 0.480 e. The summed E-state index contributed by atoms with van der Waals surface area (Å²) < 4.78 is 26.5. The Morgan fingerprint density at radius 1 is 1.47 bits per heavy atom. The Morgan fingerprint density at radius 2 is 2.18 bits per heavy atom. The second kappa shape index (κ2) is 4.14. The first-order chi connectivity index (χ1) is 7.99. The van der Waals surface area contributed by atoms with E-state index in [1.165, 1.54) is 6.20 Å². The summed E-state index contributed by atoms with van der Waals surface area (Å²) in [7, 11) is 0. The number of aliphatic carboxylic acids is 1. The summed E-state index contributed by atoms with van der Waals surface area (Å²) >= 11 is 0. The maximum Gasteiger partial charge on any atom is 0.320 e. The van der Waals surface area contributed by atoms with E-state index in [1.54, 1.807) is 0 Å². The number of rotatable bonds is 3. The summed E-state index contributed by atoms with van der Waals surface area (Å²) in [5.74, 6) is -2.58. The highest BCUT2D eigenvalue weighted by Gasteiger charge is 2.17. The molecule has 0 bridgehead atoms. The molecular weight excluding hydrogens is 230 g/mol. The minimum absolute atomic E-state index is 0.0160. The number of fused-ring (bicyclic) bond motifs is 1. The Hall–Kier alpha value is -1.95. The number of aromatic nitrogens is 1. The molecule has 0 aliphatic heterocycles. The van der Waals surface area contributed by atoms with E-state index < -0.39 is 23.6 Å². The molecule has 2 rings (SSSR count). The molecule has 0 amide bonds. The predicted molar refractivity (Wildman–Crippen MR) is 57.5 cm³/mol. The lowest BCUT2D eigenvalue weighted by Gasteiger charge is -2.05. The van der Waals surface area contributed by atoms with Crippen molar-refractivity contribution in [2.75, 3.05) is 0 Å². The Kier molecular flexibility index (Phi) is 2.81. The second-order valence-corrected chi connectivity index (χ2v) is 3.77. The van der Waals surface area contributed by atoms with Gasteiger partial charge in [0.15, 0.2) is 0 Å². The number of aromatic amines is 1.